The number of hydrogen-bond acceptors (Lipinski definition) is 4. The molecule has 0 radical (unpaired) electrons. The minimum atomic E-state index is -0.892. The van der Waals surface area contributed by atoms with Gasteiger partial charge in [-0.05, 0) is 18.8 Å². The maximum Gasteiger partial charge on any atom is 0.0826 e. The van der Waals surface area contributed by atoms with Gasteiger partial charge in [0.1, 0.15) is 0 Å². The van der Waals surface area contributed by atoms with Crippen molar-refractivity contribution >= 4 is 0 Å². The van der Waals surface area contributed by atoms with E-state index in [1.807, 2.05) is 0 Å². The highest BCUT2D eigenvalue weighted by Gasteiger charge is 2.21. The van der Waals surface area contributed by atoms with Crippen LogP contribution in [0, 0.1) is 5.92 Å². The van der Waals surface area contributed by atoms with Crippen molar-refractivity contribution in [1.82, 2.24) is 0 Å². The van der Waals surface area contributed by atoms with Crippen LogP contribution in [0.15, 0.2) is 0 Å². The molecular formula is C8H18O4. The Kier molecular flexibility index (Phi) is 6.28. The van der Waals surface area contributed by atoms with Gasteiger partial charge in [-0.1, -0.05) is 6.92 Å². The highest BCUT2D eigenvalue weighted by molar-refractivity contribution is 4.72. The van der Waals surface area contributed by atoms with Crippen molar-refractivity contribution < 1.29 is 20.4 Å². The second-order valence-corrected chi connectivity index (χ2v) is 3.06. The van der Waals surface area contributed by atoms with E-state index in [1.54, 1.807) is 6.92 Å². The maximum atomic E-state index is 9.38. The van der Waals surface area contributed by atoms with Crippen LogP contribution in [-0.4, -0.2) is 45.8 Å². The summed E-state index contributed by atoms with van der Waals surface area (Å²) in [7, 11) is 0. The van der Waals surface area contributed by atoms with E-state index in [-0.39, 0.29) is 25.6 Å². The minimum absolute atomic E-state index is 0.00404. The molecule has 4 nitrogen and oxygen atoms in total. The van der Waals surface area contributed by atoms with Gasteiger partial charge in [0.05, 0.1) is 12.2 Å². The topological polar surface area (TPSA) is 80.9 Å². The summed E-state index contributed by atoms with van der Waals surface area (Å²) in [5, 5.41) is 35.6. The third-order valence-corrected chi connectivity index (χ3v) is 1.99. The zero-order valence-electron chi connectivity index (χ0n) is 7.35. The molecule has 0 aliphatic carbocycles. The maximum absolute atomic E-state index is 9.38. The molecular weight excluding hydrogens is 160 g/mol. The largest absolute Gasteiger partial charge is 0.396 e. The van der Waals surface area contributed by atoms with Gasteiger partial charge in [-0.3, -0.25) is 0 Å². The predicted octanol–water partition coefficient (Wildman–Crippen LogP) is -0.891. The minimum Gasteiger partial charge on any atom is -0.396 e. The first-order valence-corrected chi connectivity index (χ1v) is 4.21. The van der Waals surface area contributed by atoms with Crippen LogP contribution in [0.4, 0.5) is 0 Å². The number of hydrogen-bond donors (Lipinski definition) is 4. The average Bonchev–Trinajstić information content (AvgIpc) is 2.04. The Morgan fingerprint density at radius 3 is 1.92 bits per heavy atom. The highest BCUT2D eigenvalue weighted by atomic mass is 16.3. The highest BCUT2D eigenvalue weighted by Crippen LogP contribution is 2.12. The Morgan fingerprint density at radius 2 is 1.50 bits per heavy atom. The van der Waals surface area contributed by atoms with E-state index in [4.69, 9.17) is 10.2 Å². The van der Waals surface area contributed by atoms with Gasteiger partial charge in [-0.25, -0.2) is 0 Å². The first-order chi connectivity index (χ1) is 5.63. The normalized spacial score (nSPS) is 18.8. The summed E-state index contributed by atoms with van der Waals surface area (Å²) in [6, 6.07) is 0. The van der Waals surface area contributed by atoms with Crippen LogP contribution in [0.3, 0.4) is 0 Å². The number of rotatable bonds is 6. The van der Waals surface area contributed by atoms with Gasteiger partial charge >= 0.3 is 0 Å². The molecule has 74 valence electrons. The lowest BCUT2D eigenvalue weighted by Crippen LogP contribution is -2.33. The van der Waals surface area contributed by atoms with Crippen molar-refractivity contribution in [2.75, 3.05) is 13.2 Å². The molecule has 4 heteroatoms. The summed E-state index contributed by atoms with van der Waals surface area (Å²) in [5.74, 6) is -0.142. The summed E-state index contributed by atoms with van der Waals surface area (Å²) in [6.07, 6.45) is -1.11. The average molecular weight is 178 g/mol. The quantitative estimate of drug-likeness (QED) is 0.425. The van der Waals surface area contributed by atoms with Crippen molar-refractivity contribution in [3.63, 3.8) is 0 Å². The van der Waals surface area contributed by atoms with Crippen LogP contribution < -0.4 is 0 Å². The lowest BCUT2D eigenvalue weighted by atomic mass is 9.95. The van der Waals surface area contributed by atoms with E-state index in [0.717, 1.165) is 0 Å². The monoisotopic (exact) mass is 178 g/mol. The van der Waals surface area contributed by atoms with Gasteiger partial charge in [0.25, 0.3) is 0 Å². The van der Waals surface area contributed by atoms with E-state index in [0.29, 0.717) is 6.42 Å². The lowest BCUT2D eigenvalue weighted by Gasteiger charge is -2.22. The Labute approximate surface area is 72.5 Å². The fraction of sp³-hybridized carbons (Fsp3) is 1.00. The van der Waals surface area contributed by atoms with Crippen LogP contribution in [-0.2, 0) is 0 Å². The molecule has 0 aromatic rings. The summed E-state index contributed by atoms with van der Waals surface area (Å²) in [5.41, 5.74) is 0. The lowest BCUT2D eigenvalue weighted by molar-refractivity contribution is -0.0282. The van der Waals surface area contributed by atoms with Crippen LogP contribution in [0.5, 0.6) is 0 Å². The first-order valence-electron chi connectivity index (χ1n) is 4.21. The zero-order chi connectivity index (χ0) is 9.56. The van der Waals surface area contributed by atoms with Crippen LogP contribution in [0.25, 0.3) is 0 Å². The molecule has 0 amide bonds. The Morgan fingerprint density at radius 1 is 1.00 bits per heavy atom. The van der Waals surface area contributed by atoms with Crippen molar-refractivity contribution in [2.45, 2.75) is 32.0 Å². The fourth-order valence-electron chi connectivity index (χ4n) is 1.06. The molecule has 4 N–H and O–H groups in total. The Hall–Kier alpha value is -0.160. The molecule has 3 unspecified atom stereocenters. The molecule has 0 aromatic carbocycles. The molecule has 12 heavy (non-hydrogen) atoms. The Bertz CT molecular complexity index is 95.2. The molecule has 0 aromatic heterocycles. The van der Waals surface area contributed by atoms with Crippen molar-refractivity contribution in [3.8, 4) is 0 Å². The zero-order valence-corrected chi connectivity index (χ0v) is 7.35. The van der Waals surface area contributed by atoms with Crippen LogP contribution in [0.2, 0.25) is 0 Å². The van der Waals surface area contributed by atoms with Crippen LogP contribution >= 0.6 is 0 Å². The summed E-state index contributed by atoms with van der Waals surface area (Å²) >= 11 is 0. The van der Waals surface area contributed by atoms with Gasteiger partial charge in [-0.2, -0.15) is 0 Å². The van der Waals surface area contributed by atoms with Crippen LogP contribution in [0.1, 0.15) is 19.8 Å². The van der Waals surface area contributed by atoms with E-state index in [9.17, 15) is 10.2 Å². The second kappa shape index (κ2) is 6.37. The van der Waals surface area contributed by atoms with Gasteiger partial charge < -0.3 is 20.4 Å². The predicted molar refractivity (Wildman–Crippen MR) is 44.6 cm³/mol. The molecule has 0 aliphatic rings. The summed E-state index contributed by atoms with van der Waals surface area (Å²) in [6.45, 7) is 1.62. The van der Waals surface area contributed by atoms with Gasteiger partial charge in [0, 0.05) is 13.2 Å². The smallest absolute Gasteiger partial charge is 0.0826 e. The molecule has 3 atom stereocenters. The summed E-state index contributed by atoms with van der Waals surface area (Å²) in [4.78, 5) is 0. The molecule has 0 fully saturated rings. The van der Waals surface area contributed by atoms with E-state index in [1.165, 1.54) is 0 Å². The molecule has 0 saturated carbocycles. The third kappa shape index (κ3) is 4.01. The van der Waals surface area contributed by atoms with Crippen molar-refractivity contribution in [1.29, 1.82) is 0 Å². The first kappa shape index (κ1) is 11.8. The summed E-state index contributed by atoms with van der Waals surface area (Å²) < 4.78 is 0. The SMILES string of the molecule is CC(CCO)C(O)C(O)CCO. The van der Waals surface area contributed by atoms with Crippen molar-refractivity contribution in [3.05, 3.63) is 0 Å². The van der Waals surface area contributed by atoms with E-state index < -0.39 is 12.2 Å². The van der Waals surface area contributed by atoms with Gasteiger partial charge in [0.15, 0.2) is 0 Å². The fourth-order valence-corrected chi connectivity index (χ4v) is 1.06. The molecule has 0 bridgehead atoms. The number of aliphatic hydroxyl groups is 4. The third-order valence-electron chi connectivity index (χ3n) is 1.99. The Balaban J connectivity index is 3.73. The molecule has 0 aliphatic heterocycles. The molecule has 0 spiro atoms. The van der Waals surface area contributed by atoms with E-state index >= 15 is 0 Å². The van der Waals surface area contributed by atoms with Crippen molar-refractivity contribution in [2.24, 2.45) is 5.92 Å². The molecule has 0 saturated heterocycles. The molecule has 0 rings (SSSR count). The second-order valence-electron chi connectivity index (χ2n) is 3.06. The molecule has 0 heterocycles. The van der Waals surface area contributed by atoms with Gasteiger partial charge in [0.2, 0.25) is 0 Å². The van der Waals surface area contributed by atoms with Gasteiger partial charge in [-0.15, -0.1) is 0 Å². The standard InChI is InChI=1S/C8H18O4/c1-6(2-4-9)8(12)7(11)3-5-10/h6-12H,2-5H2,1H3. The number of aliphatic hydroxyl groups excluding tert-OH is 4. The van der Waals surface area contributed by atoms with E-state index in [2.05, 4.69) is 0 Å².